The van der Waals surface area contributed by atoms with Crippen molar-refractivity contribution >= 4 is 5.57 Å². The van der Waals surface area contributed by atoms with Gasteiger partial charge < -0.3 is 4.74 Å². The second-order valence-corrected chi connectivity index (χ2v) is 12.4. The Morgan fingerprint density at radius 2 is 1.47 bits per heavy atom. The lowest BCUT2D eigenvalue weighted by Gasteiger charge is -2.35. The van der Waals surface area contributed by atoms with E-state index in [1.54, 1.807) is 24.3 Å². The minimum Gasteiger partial charge on any atom is -0.462 e. The highest BCUT2D eigenvalue weighted by Crippen LogP contribution is 2.43. The van der Waals surface area contributed by atoms with Crippen LogP contribution in [0.2, 0.25) is 0 Å². The van der Waals surface area contributed by atoms with Crippen LogP contribution >= 0.6 is 0 Å². The van der Waals surface area contributed by atoms with Crippen molar-refractivity contribution < 1.29 is 17.9 Å². The van der Waals surface area contributed by atoms with E-state index in [1.807, 2.05) is 31.2 Å². The van der Waals surface area contributed by atoms with Gasteiger partial charge in [0, 0.05) is 11.1 Å². The van der Waals surface area contributed by atoms with Gasteiger partial charge in [-0.2, -0.15) is 4.39 Å². The number of hydrogen-bond acceptors (Lipinski definition) is 1. The summed E-state index contributed by atoms with van der Waals surface area (Å²) in [5, 5.41) is 0. The van der Waals surface area contributed by atoms with Crippen LogP contribution in [0.25, 0.3) is 27.8 Å². The number of unbranched alkanes of at least 4 members (excludes halogenated alkanes) is 2. The molecule has 0 spiro atoms. The molecular formula is C39H45F3O. The first-order valence-electron chi connectivity index (χ1n) is 16.4. The Balaban J connectivity index is 1.20. The highest BCUT2D eigenvalue weighted by molar-refractivity contribution is 5.74. The van der Waals surface area contributed by atoms with Crippen LogP contribution in [0.4, 0.5) is 13.2 Å². The van der Waals surface area contributed by atoms with Gasteiger partial charge in [-0.05, 0) is 103 Å². The highest BCUT2D eigenvalue weighted by Gasteiger charge is 2.29. The molecule has 0 saturated heterocycles. The fourth-order valence-corrected chi connectivity index (χ4v) is 7.02. The van der Waals surface area contributed by atoms with Crippen molar-refractivity contribution in [1.29, 1.82) is 0 Å². The highest BCUT2D eigenvalue weighted by atomic mass is 19.2. The number of hydrogen-bond donors (Lipinski definition) is 0. The summed E-state index contributed by atoms with van der Waals surface area (Å²) in [5.41, 5.74) is 4.10. The quantitative estimate of drug-likeness (QED) is 0.160. The molecule has 4 heteroatoms. The summed E-state index contributed by atoms with van der Waals surface area (Å²) < 4.78 is 50.0. The van der Waals surface area contributed by atoms with Gasteiger partial charge in [-0.15, -0.1) is 0 Å². The summed E-state index contributed by atoms with van der Waals surface area (Å²) in [6, 6.07) is 15.5. The second kappa shape index (κ2) is 14.9. The summed E-state index contributed by atoms with van der Waals surface area (Å²) in [7, 11) is 0. The Morgan fingerprint density at radius 1 is 0.744 bits per heavy atom. The van der Waals surface area contributed by atoms with Crippen LogP contribution in [-0.4, -0.2) is 0 Å². The van der Waals surface area contributed by atoms with Gasteiger partial charge in [-0.3, -0.25) is 0 Å². The average Bonchev–Trinajstić information content (AvgIpc) is 3.04. The van der Waals surface area contributed by atoms with Gasteiger partial charge in [0.05, 0.1) is 6.26 Å². The Bertz CT molecular complexity index is 1410. The van der Waals surface area contributed by atoms with Crippen molar-refractivity contribution in [3.05, 3.63) is 96.0 Å². The maximum atomic E-state index is 15.4. The number of halogens is 3. The predicted octanol–water partition coefficient (Wildman–Crippen LogP) is 12.3. The molecule has 3 aromatic carbocycles. The molecule has 0 aliphatic heterocycles. The molecule has 1 unspecified atom stereocenters. The standard InChI is InChI=1S/C39H45F3O/c1-3-5-7-8-27-9-11-28(12-10-27)29-13-17-31(18-14-29)34-22-21-33(26-36(34)40)30-15-19-32(20-16-30)35-23-24-37(39(42)38(35)41)43-25-6-4-2/h6,15-17,19-29H,3-5,7-14,18H2,1-2H3/b25-6-. The number of rotatable bonds is 11. The molecule has 0 heterocycles. The third-order valence-corrected chi connectivity index (χ3v) is 9.64. The lowest BCUT2D eigenvalue weighted by atomic mass is 9.70. The average molecular weight is 587 g/mol. The zero-order chi connectivity index (χ0) is 30.2. The van der Waals surface area contributed by atoms with Crippen LogP contribution < -0.4 is 4.74 Å². The van der Waals surface area contributed by atoms with E-state index in [0.717, 1.165) is 60.1 Å². The fourth-order valence-electron chi connectivity index (χ4n) is 7.02. The van der Waals surface area contributed by atoms with Crippen LogP contribution in [0.15, 0.2) is 73.0 Å². The first kappa shape index (κ1) is 31.2. The number of ether oxygens (including phenoxy) is 1. The molecule has 228 valence electrons. The molecule has 1 nitrogen and oxygen atoms in total. The zero-order valence-electron chi connectivity index (χ0n) is 25.7. The molecule has 3 aromatic rings. The van der Waals surface area contributed by atoms with E-state index in [1.165, 1.54) is 69.8 Å². The third kappa shape index (κ3) is 7.63. The number of allylic oxidation sites excluding steroid dienone is 3. The summed E-state index contributed by atoms with van der Waals surface area (Å²) in [4.78, 5) is 0. The van der Waals surface area contributed by atoms with E-state index in [2.05, 4.69) is 13.0 Å². The van der Waals surface area contributed by atoms with Crippen LogP contribution in [0, 0.1) is 35.2 Å². The minimum atomic E-state index is -1.02. The molecule has 1 fully saturated rings. The molecule has 1 saturated carbocycles. The molecule has 43 heavy (non-hydrogen) atoms. The molecule has 2 aliphatic rings. The maximum Gasteiger partial charge on any atom is 0.201 e. The van der Waals surface area contributed by atoms with Crippen LogP contribution in [0.3, 0.4) is 0 Å². The van der Waals surface area contributed by atoms with Crippen molar-refractivity contribution in [2.45, 2.75) is 90.9 Å². The van der Waals surface area contributed by atoms with Crippen molar-refractivity contribution in [2.24, 2.45) is 17.8 Å². The lowest BCUT2D eigenvalue weighted by molar-refractivity contribution is 0.187. The Kier molecular flexibility index (Phi) is 10.8. The van der Waals surface area contributed by atoms with Gasteiger partial charge in [0.25, 0.3) is 0 Å². The van der Waals surface area contributed by atoms with Gasteiger partial charge in [0.15, 0.2) is 11.6 Å². The van der Waals surface area contributed by atoms with Gasteiger partial charge in [-0.1, -0.05) is 94.8 Å². The van der Waals surface area contributed by atoms with Crippen LogP contribution in [0.5, 0.6) is 5.75 Å². The second-order valence-electron chi connectivity index (χ2n) is 12.4. The summed E-state index contributed by atoms with van der Waals surface area (Å²) in [6.45, 7) is 4.20. The number of benzene rings is 3. The third-order valence-electron chi connectivity index (χ3n) is 9.64. The van der Waals surface area contributed by atoms with E-state index >= 15 is 4.39 Å². The Labute approximate surface area is 255 Å². The Hall–Kier alpha value is -3.27. The first-order valence-corrected chi connectivity index (χ1v) is 16.4. The smallest absolute Gasteiger partial charge is 0.201 e. The lowest BCUT2D eigenvalue weighted by Crippen LogP contribution is -2.23. The SMILES string of the molecule is CC/C=C\Oc1ccc(-c2ccc(-c3ccc(C4=CCC(C5CCC(CCCCC)CC5)CC4)c(F)c3)cc2)c(F)c1F. The molecule has 5 rings (SSSR count). The zero-order valence-corrected chi connectivity index (χ0v) is 25.7. The topological polar surface area (TPSA) is 9.23 Å². The van der Waals surface area contributed by atoms with Crippen molar-refractivity contribution in [2.75, 3.05) is 0 Å². The minimum absolute atomic E-state index is 0.151. The Morgan fingerprint density at radius 3 is 2.14 bits per heavy atom. The van der Waals surface area contributed by atoms with Gasteiger partial charge in [-0.25, -0.2) is 8.78 Å². The van der Waals surface area contributed by atoms with Crippen molar-refractivity contribution in [3.63, 3.8) is 0 Å². The molecule has 0 N–H and O–H groups in total. The molecule has 0 aromatic heterocycles. The van der Waals surface area contributed by atoms with Crippen LogP contribution in [0.1, 0.15) is 96.5 Å². The first-order chi connectivity index (χ1) is 21.0. The van der Waals surface area contributed by atoms with E-state index in [9.17, 15) is 8.78 Å². The van der Waals surface area contributed by atoms with Gasteiger partial charge >= 0.3 is 0 Å². The van der Waals surface area contributed by atoms with Crippen molar-refractivity contribution in [1.82, 2.24) is 0 Å². The maximum absolute atomic E-state index is 15.4. The molecule has 2 aliphatic carbocycles. The van der Waals surface area contributed by atoms with Gasteiger partial charge in [0.2, 0.25) is 5.82 Å². The predicted molar refractivity (Wildman–Crippen MR) is 172 cm³/mol. The van der Waals surface area contributed by atoms with Gasteiger partial charge in [0.1, 0.15) is 5.82 Å². The fraction of sp³-hybridized carbons (Fsp3) is 0.436. The summed E-state index contributed by atoms with van der Waals surface area (Å²) >= 11 is 0. The summed E-state index contributed by atoms with van der Waals surface area (Å²) in [5.74, 6) is 0.166. The van der Waals surface area contributed by atoms with Crippen LogP contribution in [-0.2, 0) is 0 Å². The van der Waals surface area contributed by atoms with E-state index in [-0.39, 0.29) is 17.1 Å². The van der Waals surface area contributed by atoms with Crippen molar-refractivity contribution in [3.8, 4) is 28.0 Å². The monoisotopic (exact) mass is 586 g/mol. The molecule has 0 bridgehead atoms. The summed E-state index contributed by atoms with van der Waals surface area (Å²) in [6.07, 6.45) is 20.2. The molecule has 0 amide bonds. The largest absolute Gasteiger partial charge is 0.462 e. The normalized spacial score (nSPS) is 20.8. The van der Waals surface area contributed by atoms with E-state index in [0.29, 0.717) is 11.1 Å². The van der Waals surface area contributed by atoms with E-state index < -0.39 is 11.6 Å². The van der Waals surface area contributed by atoms with E-state index in [4.69, 9.17) is 4.74 Å². The molecule has 0 radical (unpaired) electrons. The molecular weight excluding hydrogens is 541 g/mol. The molecule has 1 atom stereocenters.